The molecule has 0 aliphatic carbocycles. The zero-order valence-corrected chi connectivity index (χ0v) is 20.8. The van der Waals surface area contributed by atoms with E-state index in [1.165, 1.54) is 24.3 Å². The molecular weight excluding hydrogens is 460 g/mol. The fraction of sp³-hybridized carbons (Fsp3) is 0.333. The van der Waals surface area contributed by atoms with Crippen LogP contribution in [0.2, 0.25) is 0 Å². The molecule has 7 heteroatoms. The first-order valence-electron chi connectivity index (χ1n) is 11.0. The predicted octanol–water partition coefficient (Wildman–Crippen LogP) is 7.77. The van der Waals surface area contributed by atoms with Crippen molar-refractivity contribution in [1.29, 1.82) is 0 Å². The molecule has 2 rings (SSSR count). The second-order valence-electron chi connectivity index (χ2n) is 8.38. The van der Waals surface area contributed by atoms with Gasteiger partial charge in [-0.25, -0.2) is 4.39 Å². The van der Waals surface area contributed by atoms with Crippen molar-refractivity contribution in [3.8, 4) is 0 Å². The fourth-order valence-electron chi connectivity index (χ4n) is 3.57. The number of likely N-dealkylation sites (N-methyl/N-ethyl adjacent to an activating group) is 1. The van der Waals surface area contributed by atoms with Gasteiger partial charge in [0.1, 0.15) is 5.82 Å². The van der Waals surface area contributed by atoms with Crippen LogP contribution in [0.4, 0.5) is 17.6 Å². The topological polar surface area (TPSA) is 24.1 Å². The molecular formula is C27H32F4N2S. The molecule has 0 unspecified atom stereocenters. The first kappa shape index (κ1) is 27.7. The third-order valence-corrected chi connectivity index (χ3v) is 6.60. The van der Waals surface area contributed by atoms with Crippen molar-refractivity contribution in [2.24, 2.45) is 0 Å². The van der Waals surface area contributed by atoms with Crippen LogP contribution in [0.1, 0.15) is 49.9 Å². The highest BCUT2D eigenvalue weighted by atomic mass is 32.2. The first-order valence-corrected chi connectivity index (χ1v) is 11.8. The lowest BCUT2D eigenvalue weighted by Gasteiger charge is -2.30. The number of allylic oxidation sites excluding steroid dienone is 2. The minimum atomic E-state index is -4.36. The lowest BCUT2D eigenvalue weighted by molar-refractivity contribution is -0.137. The molecule has 184 valence electrons. The molecule has 0 aliphatic rings. The van der Waals surface area contributed by atoms with Gasteiger partial charge in [0.25, 0.3) is 0 Å². The Morgan fingerprint density at radius 3 is 2.03 bits per heavy atom. The molecule has 0 spiro atoms. The Labute approximate surface area is 204 Å². The van der Waals surface area contributed by atoms with Gasteiger partial charge < -0.3 is 5.32 Å². The number of halogens is 4. The molecule has 0 bridgehead atoms. The maximum atomic E-state index is 13.5. The monoisotopic (exact) mass is 492 g/mol. The minimum Gasteiger partial charge on any atom is -0.390 e. The van der Waals surface area contributed by atoms with Gasteiger partial charge in [0, 0.05) is 23.7 Å². The number of hydrogen-bond acceptors (Lipinski definition) is 3. The summed E-state index contributed by atoms with van der Waals surface area (Å²) in [6, 6.07) is 11.1. The number of thioether (sulfide) groups is 1. The van der Waals surface area contributed by atoms with Crippen molar-refractivity contribution in [1.82, 2.24) is 10.6 Å². The van der Waals surface area contributed by atoms with Crippen LogP contribution in [0, 0.1) is 5.82 Å². The molecule has 2 aromatic carbocycles. The van der Waals surface area contributed by atoms with Gasteiger partial charge in [-0.3, -0.25) is 5.32 Å². The SMILES string of the molecule is C=C(C)SC(=C(C)C)[C@@H](CCc1ccc(C(F)(F)F)cc1)N[C@@H](C(=C)NC)c1ccc(F)cc1. The maximum Gasteiger partial charge on any atom is 0.416 e. The van der Waals surface area contributed by atoms with Crippen LogP contribution in [-0.4, -0.2) is 13.1 Å². The van der Waals surface area contributed by atoms with Crippen molar-refractivity contribution >= 4 is 11.8 Å². The summed E-state index contributed by atoms with van der Waals surface area (Å²) in [5.74, 6) is -0.320. The maximum absolute atomic E-state index is 13.5. The van der Waals surface area contributed by atoms with E-state index in [9.17, 15) is 17.6 Å². The van der Waals surface area contributed by atoms with Gasteiger partial charge in [-0.15, -0.1) is 0 Å². The number of rotatable bonds is 11. The van der Waals surface area contributed by atoms with Gasteiger partial charge in [0.2, 0.25) is 0 Å². The summed E-state index contributed by atoms with van der Waals surface area (Å²) in [6.45, 7) is 14.1. The van der Waals surface area contributed by atoms with E-state index >= 15 is 0 Å². The highest BCUT2D eigenvalue weighted by molar-refractivity contribution is 8.06. The Morgan fingerprint density at radius 2 is 1.56 bits per heavy atom. The van der Waals surface area contributed by atoms with Crippen molar-refractivity contribution in [3.05, 3.63) is 105 Å². The summed E-state index contributed by atoms with van der Waals surface area (Å²) >= 11 is 1.58. The van der Waals surface area contributed by atoms with E-state index < -0.39 is 11.7 Å². The molecule has 0 saturated heterocycles. The highest BCUT2D eigenvalue weighted by Crippen LogP contribution is 2.34. The molecule has 0 aromatic heterocycles. The Balaban J connectivity index is 2.36. The first-order chi connectivity index (χ1) is 15.9. The molecule has 2 aromatic rings. The van der Waals surface area contributed by atoms with Crippen LogP contribution in [0.15, 0.2) is 82.8 Å². The number of benzene rings is 2. The van der Waals surface area contributed by atoms with E-state index in [1.807, 2.05) is 20.8 Å². The lowest BCUT2D eigenvalue weighted by atomic mass is 9.98. The second kappa shape index (κ2) is 12.3. The number of nitrogens with one attached hydrogen (secondary N) is 2. The highest BCUT2D eigenvalue weighted by Gasteiger charge is 2.30. The molecule has 2 nitrogen and oxygen atoms in total. The van der Waals surface area contributed by atoms with Crippen molar-refractivity contribution in [2.75, 3.05) is 7.05 Å². The average Bonchev–Trinajstić information content (AvgIpc) is 2.77. The van der Waals surface area contributed by atoms with E-state index in [-0.39, 0.29) is 17.9 Å². The predicted molar refractivity (Wildman–Crippen MR) is 135 cm³/mol. The molecule has 2 atom stereocenters. The second-order valence-corrected chi connectivity index (χ2v) is 9.72. The Hall–Kier alpha value is -2.51. The standard InChI is InChI=1S/C27H32F4N2S/c1-17(2)26(34-18(3)4)24(16-9-20-7-12-22(13-8-20)27(29,30)31)33-25(19(5)32-6)21-10-14-23(28)15-11-21/h7-8,10-15,24-25,32-33H,3,5,9,16H2,1-2,4,6H3/t24-,25+/m1/s1. The molecule has 0 radical (unpaired) electrons. The van der Waals surface area contributed by atoms with Crippen molar-refractivity contribution in [2.45, 2.75) is 51.9 Å². The van der Waals surface area contributed by atoms with E-state index in [0.717, 1.165) is 44.3 Å². The number of hydrogen-bond donors (Lipinski definition) is 2. The van der Waals surface area contributed by atoms with Crippen molar-refractivity contribution in [3.63, 3.8) is 0 Å². The van der Waals surface area contributed by atoms with E-state index in [4.69, 9.17) is 0 Å². The zero-order valence-electron chi connectivity index (χ0n) is 20.0. The number of aryl methyl sites for hydroxylation is 1. The van der Waals surface area contributed by atoms with Crippen LogP contribution in [0.25, 0.3) is 0 Å². The third-order valence-electron chi connectivity index (χ3n) is 5.34. The van der Waals surface area contributed by atoms with Gasteiger partial charge in [-0.2, -0.15) is 13.2 Å². The van der Waals surface area contributed by atoms with E-state index in [0.29, 0.717) is 12.8 Å². The van der Waals surface area contributed by atoms with E-state index in [1.54, 1.807) is 30.9 Å². The van der Waals surface area contributed by atoms with Crippen LogP contribution < -0.4 is 10.6 Å². The summed E-state index contributed by atoms with van der Waals surface area (Å²) in [7, 11) is 1.78. The summed E-state index contributed by atoms with van der Waals surface area (Å²) in [6.07, 6.45) is -3.14. The normalized spacial score (nSPS) is 13.2. The molecule has 0 heterocycles. The molecule has 34 heavy (non-hydrogen) atoms. The molecule has 0 saturated carbocycles. The van der Waals surface area contributed by atoms with Crippen molar-refractivity contribution < 1.29 is 17.6 Å². The van der Waals surface area contributed by atoms with Gasteiger partial charge in [-0.1, -0.05) is 54.8 Å². The van der Waals surface area contributed by atoms with E-state index in [2.05, 4.69) is 23.8 Å². The largest absolute Gasteiger partial charge is 0.416 e. The van der Waals surface area contributed by atoms with Crippen LogP contribution >= 0.6 is 11.8 Å². The Kier molecular flexibility index (Phi) is 10.0. The minimum absolute atomic E-state index is 0.130. The number of alkyl halides is 3. The van der Waals surface area contributed by atoms with Gasteiger partial charge >= 0.3 is 6.18 Å². The third kappa shape index (κ3) is 8.06. The zero-order chi connectivity index (χ0) is 25.5. The summed E-state index contributed by atoms with van der Waals surface area (Å²) in [5, 5.41) is 6.74. The quantitative estimate of drug-likeness (QED) is 0.313. The molecule has 0 aliphatic heterocycles. The van der Waals surface area contributed by atoms with Gasteiger partial charge in [-0.05, 0) is 73.9 Å². The van der Waals surface area contributed by atoms with Gasteiger partial charge in [0.05, 0.1) is 11.6 Å². The molecule has 0 amide bonds. The smallest absolute Gasteiger partial charge is 0.390 e. The fourth-order valence-corrected chi connectivity index (χ4v) is 4.48. The molecule has 2 N–H and O–H groups in total. The molecule has 0 fully saturated rings. The summed E-state index contributed by atoms with van der Waals surface area (Å²) in [5.41, 5.74) is 2.86. The Bertz CT molecular complexity index is 1000. The summed E-state index contributed by atoms with van der Waals surface area (Å²) < 4.78 is 52.3. The lowest BCUT2D eigenvalue weighted by Crippen LogP contribution is -2.37. The van der Waals surface area contributed by atoms with Gasteiger partial charge in [0.15, 0.2) is 0 Å². The van der Waals surface area contributed by atoms with Crippen LogP contribution in [0.5, 0.6) is 0 Å². The van der Waals surface area contributed by atoms with Crippen LogP contribution in [0.3, 0.4) is 0 Å². The average molecular weight is 493 g/mol. The van der Waals surface area contributed by atoms with Crippen LogP contribution in [-0.2, 0) is 12.6 Å². The summed E-state index contributed by atoms with van der Waals surface area (Å²) in [4.78, 5) is 2.03. The Morgan fingerprint density at radius 1 is 0.971 bits per heavy atom.